The molecule has 1 atom stereocenters. The van der Waals surface area contributed by atoms with Crippen molar-refractivity contribution >= 4 is 40.2 Å². The lowest BCUT2D eigenvalue weighted by Gasteiger charge is -2.26. The highest BCUT2D eigenvalue weighted by molar-refractivity contribution is 8.14. The molecule has 7 nitrogen and oxygen atoms in total. The second-order valence-electron chi connectivity index (χ2n) is 8.36. The number of aryl methyl sites for hydroxylation is 2. The molecule has 1 aliphatic heterocycles. The van der Waals surface area contributed by atoms with Crippen LogP contribution in [-0.4, -0.2) is 43.5 Å². The summed E-state index contributed by atoms with van der Waals surface area (Å²) in [4.78, 5) is 32.1. The number of carbonyl (C=O) groups is 2. The molecule has 0 aromatic heterocycles. The zero-order chi connectivity index (χ0) is 24.8. The number of esters is 1. The lowest BCUT2D eigenvalue weighted by Crippen LogP contribution is -2.31. The van der Waals surface area contributed by atoms with Crippen LogP contribution in [0.1, 0.15) is 36.6 Å². The lowest BCUT2D eigenvalue weighted by molar-refractivity contribution is -0.139. The van der Waals surface area contributed by atoms with Crippen molar-refractivity contribution < 1.29 is 14.3 Å². The third-order valence-corrected chi connectivity index (χ3v) is 6.32. The number of carbonyl (C=O) groups excluding carboxylic acids is 2. The van der Waals surface area contributed by atoms with Crippen LogP contribution in [0.2, 0.25) is 0 Å². The summed E-state index contributed by atoms with van der Waals surface area (Å²) in [6, 6.07) is 13.3. The first-order valence-electron chi connectivity index (χ1n) is 11.2. The van der Waals surface area contributed by atoms with E-state index in [2.05, 4.69) is 10.6 Å². The fourth-order valence-electron chi connectivity index (χ4n) is 3.66. The molecule has 2 N–H and O–H groups in total. The molecule has 180 valence electrons. The normalized spacial score (nSPS) is 15.4. The minimum Gasteiger partial charge on any atom is -0.463 e. The molecular weight excluding hydrogens is 448 g/mol. The van der Waals surface area contributed by atoms with Gasteiger partial charge >= 0.3 is 5.97 Å². The Morgan fingerprint density at radius 1 is 1.12 bits per heavy atom. The lowest BCUT2D eigenvalue weighted by atomic mass is 9.96. The van der Waals surface area contributed by atoms with Crippen LogP contribution in [0.4, 0.5) is 11.4 Å². The molecule has 0 bridgehead atoms. The Kier molecular flexibility index (Phi) is 8.39. The molecule has 0 fully saturated rings. The number of nitrogens with zero attached hydrogens (tertiary/aromatic N) is 2. The summed E-state index contributed by atoms with van der Waals surface area (Å²) in [5.74, 6) is -0.325. The average Bonchev–Trinajstić information content (AvgIpc) is 2.79. The number of allylic oxidation sites excluding steroid dienone is 1. The summed E-state index contributed by atoms with van der Waals surface area (Å²) in [7, 11) is 3.95. The minimum atomic E-state index is -0.513. The first-order valence-corrected chi connectivity index (χ1v) is 12.2. The zero-order valence-corrected chi connectivity index (χ0v) is 21.4. The smallest absolute Gasteiger partial charge is 0.338 e. The van der Waals surface area contributed by atoms with Crippen molar-refractivity contribution in [2.75, 3.05) is 36.7 Å². The summed E-state index contributed by atoms with van der Waals surface area (Å²) in [6.07, 6.45) is 0. The van der Waals surface area contributed by atoms with Crippen molar-refractivity contribution in [3.63, 3.8) is 0 Å². The van der Waals surface area contributed by atoms with Gasteiger partial charge in [0.2, 0.25) is 5.91 Å². The summed E-state index contributed by atoms with van der Waals surface area (Å²) in [5.41, 5.74) is 6.05. The Balaban J connectivity index is 1.79. The zero-order valence-electron chi connectivity index (χ0n) is 20.6. The van der Waals surface area contributed by atoms with Gasteiger partial charge in [0, 0.05) is 31.2 Å². The summed E-state index contributed by atoms with van der Waals surface area (Å²) in [5, 5.41) is 6.72. The molecule has 1 aliphatic rings. The van der Waals surface area contributed by atoms with E-state index in [1.54, 1.807) is 6.92 Å². The molecular formula is C26H32N4O3S. The number of hydrogen-bond acceptors (Lipinski definition) is 7. The SMILES string of the molecule is CCOC(=O)C1=C(C)NC(SCC(=O)Nc2ccc(C)cc2C)=N[C@@H]1c1ccc(N(C)C)cc1. The molecule has 0 saturated carbocycles. The van der Waals surface area contributed by atoms with Crippen molar-refractivity contribution in [2.45, 2.75) is 33.7 Å². The number of ether oxygens (including phenoxy) is 1. The molecule has 1 heterocycles. The van der Waals surface area contributed by atoms with Crippen LogP contribution >= 0.6 is 11.8 Å². The third kappa shape index (κ3) is 6.20. The number of benzene rings is 2. The van der Waals surface area contributed by atoms with Crippen LogP contribution in [0.5, 0.6) is 0 Å². The summed E-state index contributed by atoms with van der Waals surface area (Å²) in [6.45, 7) is 7.89. The van der Waals surface area contributed by atoms with Gasteiger partial charge in [-0.1, -0.05) is 41.6 Å². The summed E-state index contributed by atoms with van der Waals surface area (Å²) >= 11 is 1.30. The van der Waals surface area contributed by atoms with Gasteiger partial charge in [-0.3, -0.25) is 4.79 Å². The van der Waals surface area contributed by atoms with Gasteiger partial charge in [0.1, 0.15) is 6.04 Å². The van der Waals surface area contributed by atoms with Gasteiger partial charge < -0.3 is 20.3 Å². The number of nitrogens with one attached hydrogen (secondary N) is 2. The van der Waals surface area contributed by atoms with Gasteiger partial charge in [-0.2, -0.15) is 0 Å². The fourth-order valence-corrected chi connectivity index (χ4v) is 4.41. The third-order valence-electron chi connectivity index (χ3n) is 5.43. The Hall–Kier alpha value is -3.26. The first kappa shape index (κ1) is 25.4. The Morgan fingerprint density at radius 2 is 1.82 bits per heavy atom. The number of hydrogen-bond donors (Lipinski definition) is 2. The largest absolute Gasteiger partial charge is 0.463 e. The maximum atomic E-state index is 12.7. The quantitative estimate of drug-likeness (QED) is 0.565. The van der Waals surface area contributed by atoms with Gasteiger partial charge in [-0.25, -0.2) is 9.79 Å². The topological polar surface area (TPSA) is 83.0 Å². The predicted molar refractivity (Wildman–Crippen MR) is 140 cm³/mol. The van der Waals surface area contributed by atoms with E-state index >= 15 is 0 Å². The number of amides is 1. The molecule has 0 spiro atoms. The van der Waals surface area contributed by atoms with E-state index in [1.165, 1.54) is 11.8 Å². The highest BCUT2D eigenvalue weighted by Gasteiger charge is 2.30. The van der Waals surface area contributed by atoms with Gasteiger partial charge in [-0.05, 0) is 57.0 Å². The van der Waals surface area contributed by atoms with E-state index in [1.807, 2.05) is 82.2 Å². The van der Waals surface area contributed by atoms with E-state index in [0.717, 1.165) is 28.1 Å². The maximum absolute atomic E-state index is 12.7. The Morgan fingerprint density at radius 3 is 2.44 bits per heavy atom. The highest BCUT2D eigenvalue weighted by Crippen LogP contribution is 2.33. The molecule has 0 saturated heterocycles. The molecule has 2 aromatic rings. The van der Waals surface area contributed by atoms with E-state index in [9.17, 15) is 9.59 Å². The van der Waals surface area contributed by atoms with Crippen molar-refractivity contribution in [3.05, 3.63) is 70.4 Å². The highest BCUT2D eigenvalue weighted by atomic mass is 32.2. The van der Waals surface area contributed by atoms with Gasteiger partial charge in [0.25, 0.3) is 0 Å². The molecule has 34 heavy (non-hydrogen) atoms. The maximum Gasteiger partial charge on any atom is 0.338 e. The monoisotopic (exact) mass is 480 g/mol. The van der Waals surface area contributed by atoms with Crippen LogP contribution in [0, 0.1) is 13.8 Å². The number of amidine groups is 1. The van der Waals surface area contributed by atoms with Crippen molar-refractivity contribution in [2.24, 2.45) is 4.99 Å². The number of anilines is 2. The van der Waals surface area contributed by atoms with Gasteiger partial charge in [0.05, 0.1) is 17.9 Å². The van der Waals surface area contributed by atoms with E-state index in [0.29, 0.717) is 16.4 Å². The number of thioether (sulfide) groups is 1. The van der Waals surface area contributed by atoms with E-state index in [-0.39, 0.29) is 18.3 Å². The number of rotatable bonds is 7. The van der Waals surface area contributed by atoms with Gasteiger partial charge in [0.15, 0.2) is 5.17 Å². The van der Waals surface area contributed by atoms with Crippen LogP contribution in [-0.2, 0) is 14.3 Å². The molecule has 8 heteroatoms. The molecule has 3 rings (SSSR count). The van der Waals surface area contributed by atoms with E-state index < -0.39 is 12.0 Å². The summed E-state index contributed by atoms with van der Waals surface area (Å²) < 4.78 is 5.30. The Bertz CT molecular complexity index is 1120. The second-order valence-corrected chi connectivity index (χ2v) is 9.33. The standard InChI is InChI=1S/C26H32N4O3S/c1-7-33-25(32)23-18(4)27-26(29-24(23)19-9-11-20(12-10-19)30(5)6)34-15-22(31)28-21-13-8-16(2)14-17(21)3/h8-14,24H,7,15H2,1-6H3,(H,27,29)(H,28,31)/t24-/m1/s1. The average molecular weight is 481 g/mol. The first-order chi connectivity index (χ1) is 16.2. The molecule has 2 aromatic carbocycles. The van der Waals surface area contributed by atoms with Crippen molar-refractivity contribution in [3.8, 4) is 0 Å². The van der Waals surface area contributed by atoms with Crippen LogP contribution < -0.4 is 15.5 Å². The van der Waals surface area contributed by atoms with Crippen LogP contribution in [0.3, 0.4) is 0 Å². The molecule has 0 radical (unpaired) electrons. The van der Waals surface area contributed by atoms with Crippen LogP contribution in [0.25, 0.3) is 0 Å². The molecule has 0 aliphatic carbocycles. The second kappa shape index (κ2) is 11.2. The number of aliphatic imine (C=N–C) groups is 1. The van der Waals surface area contributed by atoms with E-state index in [4.69, 9.17) is 9.73 Å². The predicted octanol–water partition coefficient (Wildman–Crippen LogP) is 4.58. The minimum absolute atomic E-state index is 0.119. The Labute approximate surface area is 205 Å². The molecule has 1 amide bonds. The van der Waals surface area contributed by atoms with Gasteiger partial charge in [-0.15, -0.1) is 0 Å². The van der Waals surface area contributed by atoms with Crippen molar-refractivity contribution in [1.82, 2.24) is 5.32 Å². The van der Waals surface area contributed by atoms with Crippen LogP contribution in [0.15, 0.2) is 58.7 Å². The molecule has 0 unspecified atom stereocenters. The fraction of sp³-hybridized carbons (Fsp3) is 0.346. The van der Waals surface area contributed by atoms with Crippen molar-refractivity contribution in [1.29, 1.82) is 0 Å².